The predicted octanol–water partition coefficient (Wildman–Crippen LogP) is 5.47. The number of carbonyl (C=O) groups excluding carboxylic acids is 1. The molecule has 4 aromatic rings. The van der Waals surface area contributed by atoms with Crippen LogP contribution in [0, 0.1) is 13.8 Å². The minimum absolute atomic E-state index is 0.110. The van der Waals surface area contributed by atoms with Crippen LogP contribution in [0.3, 0.4) is 0 Å². The monoisotopic (exact) mass is 496 g/mol. The van der Waals surface area contributed by atoms with Gasteiger partial charge in [0.15, 0.2) is 5.13 Å². The average molecular weight is 497 g/mol. The first-order valence-electron chi connectivity index (χ1n) is 10.9. The number of nitrogens with one attached hydrogen (secondary N) is 2. The van der Waals surface area contributed by atoms with Gasteiger partial charge in [0.05, 0.1) is 22.1 Å². The van der Waals surface area contributed by atoms with Crippen LogP contribution in [-0.4, -0.2) is 26.1 Å². The van der Waals surface area contributed by atoms with Crippen molar-refractivity contribution in [3.05, 3.63) is 61.3 Å². The van der Waals surface area contributed by atoms with Crippen molar-refractivity contribution in [3.63, 3.8) is 0 Å². The second-order valence-corrected chi connectivity index (χ2v) is 11.7. The molecule has 9 heteroatoms. The Morgan fingerprint density at radius 2 is 2.06 bits per heavy atom. The van der Waals surface area contributed by atoms with Crippen molar-refractivity contribution >= 4 is 55.7 Å². The molecule has 2 N–H and O–H groups in total. The highest BCUT2D eigenvalue weighted by molar-refractivity contribution is 7.99. The largest absolute Gasteiger partial charge is 0.309 e. The molecule has 3 heterocycles. The molecular weight excluding hydrogens is 472 g/mol. The number of aromatic nitrogens is 3. The number of benzene rings is 1. The minimum Gasteiger partial charge on any atom is -0.309 e. The first-order chi connectivity index (χ1) is 15.9. The van der Waals surface area contributed by atoms with E-state index in [1.807, 2.05) is 26.2 Å². The lowest BCUT2D eigenvalue weighted by molar-refractivity contribution is -0.115. The van der Waals surface area contributed by atoms with Crippen LogP contribution in [0.5, 0.6) is 0 Å². The van der Waals surface area contributed by atoms with Gasteiger partial charge in [0, 0.05) is 15.8 Å². The highest BCUT2D eigenvalue weighted by Crippen LogP contribution is 2.31. The molecule has 5 rings (SSSR count). The number of amides is 1. The molecule has 0 aliphatic heterocycles. The number of hydrogen-bond donors (Lipinski definition) is 2. The number of carbonyl (C=O) groups is 1. The van der Waals surface area contributed by atoms with E-state index in [1.54, 1.807) is 0 Å². The predicted molar refractivity (Wildman–Crippen MR) is 139 cm³/mol. The number of nitrogens with zero attached hydrogens (tertiary/aromatic N) is 2. The van der Waals surface area contributed by atoms with E-state index in [0.717, 1.165) is 39.4 Å². The van der Waals surface area contributed by atoms with Crippen LogP contribution in [0.25, 0.3) is 21.5 Å². The smallest absolute Gasteiger partial charge is 0.259 e. The zero-order valence-electron chi connectivity index (χ0n) is 18.7. The summed E-state index contributed by atoms with van der Waals surface area (Å²) < 4.78 is 0. The topological polar surface area (TPSA) is 87.7 Å². The molecule has 1 amide bonds. The maximum atomic E-state index is 12.7. The molecule has 1 unspecified atom stereocenters. The van der Waals surface area contributed by atoms with Gasteiger partial charge >= 0.3 is 0 Å². The fraction of sp³-hybridized carbons (Fsp3) is 0.333. The molecule has 0 fully saturated rings. The quantitative estimate of drug-likeness (QED) is 0.369. The molecule has 170 valence electrons. The molecule has 33 heavy (non-hydrogen) atoms. The van der Waals surface area contributed by atoms with E-state index in [4.69, 9.17) is 0 Å². The Morgan fingerprint density at radius 1 is 1.24 bits per heavy atom. The van der Waals surface area contributed by atoms with Crippen molar-refractivity contribution in [2.45, 2.75) is 51.0 Å². The van der Waals surface area contributed by atoms with Crippen molar-refractivity contribution in [2.24, 2.45) is 0 Å². The van der Waals surface area contributed by atoms with Gasteiger partial charge in [-0.05, 0) is 62.8 Å². The van der Waals surface area contributed by atoms with Crippen LogP contribution in [-0.2, 0) is 23.4 Å². The number of H-pyrrole nitrogens is 1. The number of hydrogen-bond acceptors (Lipinski definition) is 7. The van der Waals surface area contributed by atoms with E-state index in [-0.39, 0.29) is 16.7 Å². The number of aromatic amines is 1. The van der Waals surface area contributed by atoms with Gasteiger partial charge in [-0.2, -0.15) is 0 Å². The van der Waals surface area contributed by atoms with Gasteiger partial charge in [0.25, 0.3) is 5.56 Å². The molecule has 1 aliphatic rings. The summed E-state index contributed by atoms with van der Waals surface area (Å²) in [4.78, 5) is 39.1. The average Bonchev–Trinajstić information content (AvgIpc) is 3.51. The number of thiazole rings is 1. The molecule has 1 aromatic carbocycles. The summed E-state index contributed by atoms with van der Waals surface area (Å²) in [5.41, 5.74) is 5.71. The summed E-state index contributed by atoms with van der Waals surface area (Å²) in [6.45, 7) is 5.79. The summed E-state index contributed by atoms with van der Waals surface area (Å²) in [7, 11) is 0. The van der Waals surface area contributed by atoms with Crippen LogP contribution in [0.2, 0.25) is 0 Å². The fourth-order valence-electron chi connectivity index (χ4n) is 4.05. The first-order valence-corrected chi connectivity index (χ1v) is 13.6. The number of thiophene rings is 1. The van der Waals surface area contributed by atoms with Gasteiger partial charge in [-0.3, -0.25) is 9.59 Å². The number of thioether (sulfide) groups is 1. The van der Waals surface area contributed by atoms with Crippen LogP contribution in [0.1, 0.15) is 40.7 Å². The van der Waals surface area contributed by atoms with Crippen molar-refractivity contribution in [3.8, 4) is 11.3 Å². The summed E-state index contributed by atoms with van der Waals surface area (Å²) in [5, 5.41) is 5.86. The van der Waals surface area contributed by atoms with Crippen LogP contribution >= 0.6 is 34.4 Å². The van der Waals surface area contributed by atoms with Gasteiger partial charge in [-0.15, -0.1) is 34.4 Å². The molecule has 0 saturated heterocycles. The highest BCUT2D eigenvalue weighted by atomic mass is 32.2. The zero-order chi connectivity index (χ0) is 23.1. The summed E-state index contributed by atoms with van der Waals surface area (Å²) in [6, 6.07) is 6.54. The van der Waals surface area contributed by atoms with E-state index < -0.39 is 0 Å². The van der Waals surface area contributed by atoms with E-state index in [2.05, 4.69) is 38.5 Å². The summed E-state index contributed by atoms with van der Waals surface area (Å²) in [6.07, 6.45) is 3.51. The fourth-order valence-corrected chi connectivity index (χ4v) is 6.58. The van der Waals surface area contributed by atoms with Crippen molar-refractivity contribution in [2.75, 3.05) is 5.32 Å². The Kier molecular flexibility index (Phi) is 6.11. The standard InChI is InChI=1S/C24H24N4O2S3/c1-12-13(2)33-23-20(12)22(30)26-19(27-23)11-31-14(3)21(29)28-24-25-18(10-32-24)17-8-7-15-5-4-6-16(15)9-17/h7-10,14H,4-6,11H2,1-3H3,(H,25,28,29)(H,26,27,30). The van der Waals surface area contributed by atoms with Gasteiger partial charge in [-0.1, -0.05) is 12.1 Å². The number of fused-ring (bicyclic) bond motifs is 2. The van der Waals surface area contributed by atoms with E-state index >= 15 is 0 Å². The molecule has 3 aromatic heterocycles. The first kappa shape index (κ1) is 22.3. The minimum atomic E-state index is -0.315. The maximum Gasteiger partial charge on any atom is 0.259 e. The van der Waals surface area contributed by atoms with Gasteiger partial charge in [0.2, 0.25) is 5.91 Å². The lowest BCUT2D eigenvalue weighted by Crippen LogP contribution is -2.23. The molecule has 0 radical (unpaired) electrons. The van der Waals surface area contributed by atoms with Gasteiger partial charge in [0.1, 0.15) is 10.7 Å². The maximum absolute atomic E-state index is 12.7. The molecule has 0 spiro atoms. The summed E-state index contributed by atoms with van der Waals surface area (Å²) >= 11 is 4.40. The third-order valence-corrected chi connectivity index (χ3v) is 9.07. The van der Waals surface area contributed by atoms with Crippen LogP contribution in [0.4, 0.5) is 5.13 Å². The Labute approximate surface area is 203 Å². The van der Waals surface area contributed by atoms with Crippen molar-refractivity contribution in [1.82, 2.24) is 15.0 Å². The summed E-state index contributed by atoms with van der Waals surface area (Å²) in [5.74, 6) is 0.932. The Balaban J connectivity index is 1.22. The van der Waals surface area contributed by atoms with E-state index in [1.165, 1.54) is 52.0 Å². The second-order valence-electron chi connectivity index (χ2n) is 8.29. The third kappa shape index (κ3) is 4.49. The Morgan fingerprint density at radius 3 is 2.91 bits per heavy atom. The Hall–Kier alpha value is -2.49. The number of aryl methyl sites for hydroxylation is 4. The molecular formula is C24H24N4O2S3. The molecule has 1 atom stereocenters. The second kappa shape index (κ2) is 9.04. The van der Waals surface area contributed by atoms with Crippen LogP contribution in [0.15, 0.2) is 28.4 Å². The van der Waals surface area contributed by atoms with Crippen LogP contribution < -0.4 is 10.9 Å². The lowest BCUT2D eigenvalue weighted by atomic mass is 10.1. The normalized spacial score (nSPS) is 13.9. The number of rotatable bonds is 6. The van der Waals surface area contributed by atoms with E-state index in [0.29, 0.717) is 22.1 Å². The van der Waals surface area contributed by atoms with E-state index in [9.17, 15) is 9.59 Å². The lowest BCUT2D eigenvalue weighted by Gasteiger charge is -2.10. The molecule has 0 saturated carbocycles. The van der Waals surface area contributed by atoms with Crippen molar-refractivity contribution < 1.29 is 4.79 Å². The number of anilines is 1. The van der Waals surface area contributed by atoms with Gasteiger partial charge in [-0.25, -0.2) is 9.97 Å². The molecule has 0 bridgehead atoms. The SMILES string of the molecule is Cc1sc2nc(CSC(C)C(=O)Nc3nc(-c4ccc5c(c4)CCC5)cs3)[nH]c(=O)c2c1C. The third-order valence-electron chi connectivity index (χ3n) is 6.06. The molecule has 1 aliphatic carbocycles. The molecule has 6 nitrogen and oxygen atoms in total. The van der Waals surface area contributed by atoms with Gasteiger partial charge < -0.3 is 10.3 Å². The van der Waals surface area contributed by atoms with Crippen molar-refractivity contribution in [1.29, 1.82) is 0 Å². The zero-order valence-corrected chi connectivity index (χ0v) is 21.1. The Bertz CT molecular complexity index is 1420. The highest BCUT2D eigenvalue weighted by Gasteiger charge is 2.18.